The number of aryl methyl sites for hydroxylation is 2. The second-order valence-electron chi connectivity index (χ2n) is 6.39. The molecule has 1 amide bonds. The average molecular weight is 353 g/mol. The highest BCUT2D eigenvalue weighted by Crippen LogP contribution is 2.28. The van der Waals surface area contributed by atoms with Gasteiger partial charge in [-0.15, -0.1) is 0 Å². The maximum atomic E-state index is 12.8. The Balaban J connectivity index is 1.54. The first kappa shape index (κ1) is 16.3. The van der Waals surface area contributed by atoms with E-state index >= 15 is 0 Å². The second kappa shape index (κ2) is 6.29. The maximum absolute atomic E-state index is 12.8. The lowest BCUT2D eigenvalue weighted by Gasteiger charge is -2.32. The summed E-state index contributed by atoms with van der Waals surface area (Å²) in [5.74, 6) is -0.416. The lowest BCUT2D eigenvalue weighted by molar-refractivity contribution is -0.151. The lowest BCUT2D eigenvalue weighted by atomic mass is 10.0. The summed E-state index contributed by atoms with van der Waals surface area (Å²) in [6.45, 7) is 2.73. The van der Waals surface area contributed by atoms with Crippen molar-refractivity contribution >= 4 is 22.9 Å². The van der Waals surface area contributed by atoms with E-state index in [2.05, 4.69) is 15.0 Å². The molecule has 8 nitrogen and oxygen atoms in total. The number of benzene rings is 1. The number of carboxylic acid groups (broad SMARTS) is 1. The van der Waals surface area contributed by atoms with Crippen LogP contribution in [0, 0.1) is 6.92 Å². The highest BCUT2D eigenvalue weighted by atomic mass is 16.4. The van der Waals surface area contributed by atoms with Crippen LogP contribution >= 0.6 is 0 Å². The van der Waals surface area contributed by atoms with E-state index in [0.29, 0.717) is 25.2 Å². The molecule has 2 N–H and O–H groups in total. The number of H-pyrrole nitrogens is 1. The molecule has 1 aliphatic heterocycles. The average Bonchev–Trinajstić information content (AvgIpc) is 3.22. The first-order valence-corrected chi connectivity index (χ1v) is 8.52. The summed E-state index contributed by atoms with van der Waals surface area (Å²) in [5, 5.41) is 9.60. The zero-order valence-electron chi connectivity index (χ0n) is 14.3. The van der Waals surface area contributed by atoms with Crippen molar-refractivity contribution in [2.45, 2.75) is 32.4 Å². The van der Waals surface area contributed by atoms with Gasteiger partial charge < -0.3 is 19.6 Å². The smallest absolute Gasteiger partial charge is 0.332 e. The molecule has 0 unspecified atom stereocenters. The van der Waals surface area contributed by atoms with Gasteiger partial charge in [0.05, 0.1) is 23.1 Å². The minimum atomic E-state index is -1.06. The number of rotatable bonds is 4. The van der Waals surface area contributed by atoms with Gasteiger partial charge in [0.1, 0.15) is 5.82 Å². The molecule has 3 aromatic rings. The van der Waals surface area contributed by atoms with Crippen molar-refractivity contribution in [2.75, 3.05) is 6.54 Å². The molecular weight excluding hydrogens is 334 g/mol. The van der Waals surface area contributed by atoms with E-state index in [9.17, 15) is 14.7 Å². The minimum absolute atomic E-state index is 0.191. The maximum Gasteiger partial charge on any atom is 0.332 e. The van der Waals surface area contributed by atoms with Crippen LogP contribution in [-0.2, 0) is 22.6 Å². The van der Waals surface area contributed by atoms with Crippen molar-refractivity contribution < 1.29 is 14.7 Å². The van der Waals surface area contributed by atoms with Crippen molar-refractivity contribution in [1.82, 2.24) is 24.4 Å². The Kier molecular flexibility index (Phi) is 3.95. The molecule has 4 rings (SSSR count). The van der Waals surface area contributed by atoms with Gasteiger partial charge in [-0.05, 0) is 19.1 Å². The predicted molar refractivity (Wildman–Crippen MR) is 93.5 cm³/mol. The molecular formula is C18H19N5O3. The number of aliphatic carboxylic acids is 1. The summed E-state index contributed by atoms with van der Waals surface area (Å²) in [4.78, 5) is 37.5. The summed E-state index contributed by atoms with van der Waals surface area (Å²) in [6.07, 6.45) is 2.28. The van der Waals surface area contributed by atoms with Crippen LogP contribution in [0.4, 0.5) is 0 Å². The molecule has 0 saturated carbocycles. The molecule has 0 spiro atoms. The van der Waals surface area contributed by atoms with Crippen LogP contribution in [0.1, 0.15) is 29.7 Å². The Hall–Kier alpha value is -3.16. The normalized spacial score (nSPS) is 16.7. The van der Waals surface area contributed by atoms with Crippen LogP contribution < -0.4 is 0 Å². The third-order valence-electron chi connectivity index (χ3n) is 4.87. The van der Waals surface area contributed by atoms with Gasteiger partial charge in [0.25, 0.3) is 0 Å². The number of aromatic nitrogens is 4. The van der Waals surface area contributed by atoms with Crippen LogP contribution in [0.15, 0.2) is 30.6 Å². The summed E-state index contributed by atoms with van der Waals surface area (Å²) >= 11 is 0. The number of carboxylic acids is 1. The molecule has 0 saturated heterocycles. The van der Waals surface area contributed by atoms with E-state index in [1.54, 1.807) is 0 Å². The van der Waals surface area contributed by atoms with Crippen molar-refractivity contribution in [2.24, 2.45) is 0 Å². The van der Waals surface area contributed by atoms with Gasteiger partial charge in [0.15, 0.2) is 6.04 Å². The summed E-state index contributed by atoms with van der Waals surface area (Å²) in [7, 11) is 0. The van der Waals surface area contributed by atoms with Gasteiger partial charge in [-0.1, -0.05) is 12.1 Å². The number of nitrogens with one attached hydrogen (secondary N) is 1. The summed E-state index contributed by atoms with van der Waals surface area (Å²) < 4.78 is 1.99. The largest absolute Gasteiger partial charge is 0.479 e. The molecule has 0 fully saturated rings. The SMILES string of the molecule is Cc1nc2ccccc2n1CCC(=O)N1CCc2[nH]cnc2[C@H]1C(=O)O. The fraction of sp³-hybridized carbons (Fsp3) is 0.333. The number of carbonyl (C=O) groups is 2. The fourth-order valence-corrected chi connectivity index (χ4v) is 3.62. The van der Waals surface area contributed by atoms with E-state index < -0.39 is 12.0 Å². The Labute approximate surface area is 149 Å². The Morgan fingerprint density at radius 3 is 2.96 bits per heavy atom. The fourth-order valence-electron chi connectivity index (χ4n) is 3.62. The quantitative estimate of drug-likeness (QED) is 0.742. The monoisotopic (exact) mass is 353 g/mol. The Bertz CT molecular complexity index is 990. The number of imidazole rings is 2. The Morgan fingerprint density at radius 1 is 1.35 bits per heavy atom. The third kappa shape index (κ3) is 2.63. The number of nitrogens with zero attached hydrogens (tertiary/aromatic N) is 4. The zero-order valence-corrected chi connectivity index (χ0v) is 14.3. The van der Waals surface area contributed by atoms with Crippen molar-refractivity contribution in [3.63, 3.8) is 0 Å². The number of para-hydroxylation sites is 2. The Morgan fingerprint density at radius 2 is 2.15 bits per heavy atom. The van der Waals surface area contributed by atoms with Gasteiger partial charge >= 0.3 is 5.97 Å². The van der Waals surface area contributed by atoms with Crippen LogP contribution in [0.5, 0.6) is 0 Å². The first-order chi connectivity index (χ1) is 12.6. The zero-order chi connectivity index (χ0) is 18.3. The molecule has 0 radical (unpaired) electrons. The minimum Gasteiger partial charge on any atom is -0.479 e. The first-order valence-electron chi connectivity index (χ1n) is 8.52. The van der Waals surface area contributed by atoms with E-state index in [4.69, 9.17) is 0 Å². The topological polar surface area (TPSA) is 104 Å². The van der Waals surface area contributed by atoms with Crippen LogP contribution in [0.3, 0.4) is 0 Å². The number of amides is 1. The van der Waals surface area contributed by atoms with E-state index in [-0.39, 0.29) is 12.3 Å². The predicted octanol–water partition coefficient (Wildman–Crippen LogP) is 1.67. The van der Waals surface area contributed by atoms with Crippen molar-refractivity contribution in [3.8, 4) is 0 Å². The molecule has 26 heavy (non-hydrogen) atoms. The molecule has 1 atom stereocenters. The van der Waals surface area contributed by atoms with Gasteiger partial charge in [0, 0.05) is 31.6 Å². The van der Waals surface area contributed by atoms with Crippen LogP contribution in [0.2, 0.25) is 0 Å². The molecule has 1 aromatic carbocycles. The number of aromatic amines is 1. The molecule has 3 heterocycles. The number of carbonyl (C=O) groups excluding carboxylic acids is 1. The second-order valence-corrected chi connectivity index (χ2v) is 6.39. The third-order valence-corrected chi connectivity index (χ3v) is 4.87. The van der Waals surface area contributed by atoms with Crippen LogP contribution in [0.25, 0.3) is 11.0 Å². The summed E-state index contributed by atoms with van der Waals surface area (Å²) in [5.41, 5.74) is 3.08. The number of hydrogen-bond donors (Lipinski definition) is 2. The van der Waals surface area contributed by atoms with Gasteiger partial charge in [-0.25, -0.2) is 14.8 Å². The molecule has 0 aliphatic carbocycles. The van der Waals surface area contributed by atoms with Gasteiger partial charge in [-0.3, -0.25) is 4.79 Å². The highest BCUT2D eigenvalue weighted by molar-refractivity contribution is 5.85. The van der Waals surface area contributed by atoms with Crippen molar-refractivity contribution in [1.29, 1.82) is 0 Å². The van der Waals surface area contributed by atoms with Crippen molar-refractivity contribution in [3.05, 3.63) is 47.8 Å². The lowest BCUT2D eigenvalue weighted by Crippen LogP contribution is -2.44. The van der Waals surface area contributed by atoms with Crippen LogP contribution in [-0.4, -0.2) is 47.9 Å². The molecule has 1 aliphatic rings. The van der Waals surface area contributed by atoms with E-state index in [0.717, 1.165) is 22.6 Å². The molecule has 0 bridgehead atoms. The number of hydrogen-bond acceptors (Lipinski definition) is 4. The molecule has 8 heteroatoms. The summed E-state index contributed by atoms with van der Waals surface area (Å²) in [6, 6.07) is 6.74. The van der Waals surface area contributed by atoms with Gasteiger partial charge in [-0.2, -0.15) is 0 Å². The van der Waals surface area contributed by atoms with Gasteiger partial charge in [0.2, 0.25) is 5.91 Å². The van der Waals surface area contributed by atoms with E-state index in [1.807, 2.05) is 35.8 Å². The molecule has 2 aromatic heterocycles. The standard InChI is InChI=1S/C18H19N5O3/c1-11-21-12-4-2-3-5-14(12)22(11)9-7-15(24)23-8-6-13-16(20-10-19-13)17(23)18(25)26/h2-5,10,17H,6-9H2,1H3,(H,19,20)(H,25,26)/t17-/m0/s1. The highest BCUT2D eigenvalue weighted by Gasteiger charge is 2.37. The molecule has 134 valence electrons. The van der Waals surface area contributed by atoms with E-state index in [1.165, 1.54) is 11.2 Å². The number of fused-ring (bicyclic) bond motifs is 2.